The molecule has 1 aromatic carbocycles. The molecule has 2 aromatic rings. The first-order chi connectivity index (χ1) is 17.1. The number of ether oxygens (including phenoxy) is 3. The molecule has 8 nitrogen and oxygen atoms in total. The van der Waals surface area contributed by atoms with Crippen LogP contribution in [0.4, 0.5) is 4.79 Å². The van der Waals surface area contributed by atoms with Crippen molar-refractivity contribution in [3.63, 3.8) is 0 Å². The Morgan fingerprint density at radius 3 is 2.67 bits per heavy atom. The van der Waals surface area contributed by atoms with Crippen molar-refractivity contribution >= 4 is 22.9 Å². The summed E-state index contributed by atoms with van der Waals surface area (Å²) in [5, 5.41) is 1.23. The topological polar surface area (TPSA) is 73.2 Å². The van der Waals surface area contributed by atoms with Gasteiger partial charge < -0.3 is 28.6 Å². The van der Waals surface area contributed by atoms with Crippen LogP contribution in [0.5, 0.6) is 0 Å². The molecule has 2 amide bonds. The molecule has 1 saturated carbocycles. The van der Waals surface area contributed by atoms with E-state index in [0.717, 1.165) is 38.0 Å². The second-order valence-corrected chi connectivity index (χ2v) is 11.1. The Hall–Kier alpha value is -2.58. The summed E-state index contributed by atoms with van der Waals surface area (Å²) in [5.74, 6) is -0.0509. The van der Waals surface area contributed by atoms with Crippen LogP contribution < -0.4 is 0 Å². The average Bonchev–Trinajstić information content (AvgIpc) is 3.62. The number of hydrogen-bond acceptors (Lipinski definition) is 5. The molecule has 1 unspecified atom stereocenters. The average molecular weight is 500 g/mol. The van der Waals surface area contributed by atoms with Gasteiger partial charge in [0.1, 0.15) is 5.60 Å². The van der Waals surface area contributed by atoms with Gasteiger partial charge in [-0.05, 0) is 71.1 Å². The van der Waals surface area contributed by atoms with E-state index in [9.17, 15) is 9.59 Å². The number of rotatable bonds is 8. The van der Waals surface area contributed by atoms with E-state index in [1.807, 2.05) is 25.7 Å². The Morgan fingerprint density at radius 1 is 1.25 bits per heavy atom. The Morgan fingerprint density at radius 2 is 2.00 bits per heavy atom. The molecular weight excluding hydrogens is 458 g/mol. The molecule has 36 heavy (non-hydrogen) atoms. The van der Waals surface area contributed by atoms with Gasteiger partial charge in [0.15, 0.2) is 6.10 Å². The smallest absolute Gasteiger partial charge is 0.410 e. The minimum Gasteiger partial charge on any atom is -0.444 e. The fourth-order valence-corrected chi connectivity index (χ4v) is 4.97. The van der Waals surface area contributed by atoms with Crippen molar-refractivity contribution in [3.8, 4) is 0 Å². The summed E-state index contributed by atoms with van der Waals surface area (Å²) in [4.78, 5) is 30.0. The molecule has 4 rings (SSSR count). The van der Waals surface area contributed by atoms with Crippen molar-refractivity contribution in [2.45, 2.75) is 84.2 Å². The standard InChI is InChI=1S/C28H41N3O5/c1-19-17-29(12-7-14-34-6)24-16-21(8-11-23(19)24)20(2)31(22-9-10-22)26(32)25-18-30(13-15-35-25)27(33)36-28(3,4)5/h8,11,16-17,20,22,25H,7,9-10,12-15,18H2,1-6H3/t20?,25-/m1/s1. The molecule has 198 valence electrons. The first-order valence-electron chi connectivity index (χ1n) is 13.1. The third kappa shape index (κ3) is 6.03. The Labute approximate surface area is 214 Å². The Balaban J connectivity index is 1.53. The molecule has 1 aromatic heterocycles. The molecule has 0 radical (unpaired) electrons. The largest absolute Gasteiger partial charge is 0.444 e. The molecule has 8 heteroatoms. The van der Waals surface area contributed by atoms with E-state index in [4.69, 9.17) is 14.2 Å². The van der Waals surface area contributed by atoms with Gasteiger partial charge in [0, 0.05) is 49.9 Å². The number of aryl methyl sites for hydroxylation is 2. The molecule has 0 spiro atoms. The van der Waals surface area contributed by atoms with Crippen molar-refractivity contribution in [1.82, 2.24) is 14.4 Å². The lowest BCUT2D eigenvalue weighted by Gasteiger charge is -2.38. The quantitative estimate of drug-likeness (QED) is 0.494. The zero-order valence-corrected chi connectivity index (χ0v) is 22.6. The maximum absolute atomic E-state index is 13.8. The molecule has 1 aliphatic heterocycles. The van der Waals surface area contributed by atoms with Gasteiger partial charge in [-0.25, -0.2) is 4.79 Å². The van der Waals surface area contributed by atoms with Gasteiger partial charge in [-0.3, -0.25) is 4.79 Å². The first-order valence-corrected chi connectivity index (χ1v) is 13.1. The van der Waals surface area contributed by atoms with E-state index >= 15 is 0 Å². The van der Waals surface area contributed by atoms with Gasteiger partial charge >= 0.3 is 6.09 Å². The van der Waals surface area contributed by atoms with Gasteiger partial charge in [-0.2, -0.15) is 0 Å². The number of amides is 2. The lowest BCUT2D eigenvalue weighted by molar-refractivity contribution is -0.151. The highest BCUT2D eigenvalue weighted by Gasteiger charge is 2.42. The number of carbonyl (C=O) groups is 2. The number of methoxy groups -OCH3 is 1. The van der Waals surface area contributed by atoms with Crippen molar-refractivity contribution in [2.75, 3.05) is 33.4 Å². The first kappa shape index (κ1) is 26.5. The molecule has 1 saturated heterocycles. The fraction of sp³-hybridized carbons (Fsp3) is 0.643. The minimum absolute atomic E-state index is 0.0509. The highest BCUT2D eigenvalue weighted by Crippen LogP contribution is 2.37. The number of benzene rings is 1. The normalized spacial score (nSPS) is 19.4. The monoisotopic (exact) mass is 499 g/mol. The lowest BCUT2D eigenvalue weighted by Crippen LogP contribution is -2.54. The van der Waals surface area contributed by atoms with Crippen LogP contribution >= 0.6 is 0 Å². The van der Waals surface area contributed by atoms with Crippen LogP contribution in [0.15, 0.2) is 24.4 Å². The predicted octanol–water partition coefficient (Wildman–Crippen LogP) is 4.67. The third-order valence-electron chi connectivity index (χ3n) is 6.94. The summed E-state index contributed by atoms with van der Waals surface area (Å²) in [5.41, 5.74) is 2.95. The third-order valence-corrected chi connectivity index (χ3v) is 6.94. The van der Waals surface area contributed by atoms with Crippen molar-refractivity contribution in [3.05, 3.63) is 35.5 Å². The van der Waals surface area contributed by atoms with E-state index < -0.39 is 17.8 Å². The second kappa shape index (κ2) is 10.8. The van der Waals surface area contributed by atoms with Gasteiger partial charge in [-0.1, -0.05) is 12.1 Å². The van der Waals surface area contributed by atoms with Crippen LogP contribution in [0, 0.1) is 6.92 Å². The highest BCUT2D eigenvalue weighted by atomic mass is 16.6. The lowest BCUT2D eigenvalue weighted by atomic mass is 10.0. The molecule has 1 aliphatic carbocycles. The van der Waals surface area contributed by atoms with E-state index in [1.54, 1.807) is 12.0 Å². The molecular formula is C28H41N3O5. The maximum Gasteiger partial charge on any atom is 0.410 e. The van der Waals surface area contributed by atoms with Gasteiger partial charge in [-0.15, -0.1) is 0 Å². The van der Waals surface area contributed by atoms with Gasteiger partial charge in [0.25, 0.3) is 5.91 Å². The molecule has 2 atom stereocenters. The van der Waals surface area contributed by atoms with E-state index in [0.29, 0.717) is 13.2 Å². The second-order valence-electron chi connectivity index (χ2n) is 11.1. The molecule has 0 N–H and O–H groups in total. The molecule has 2 fully saturated rings. The van der Waals surface area contributed by atoms with Crippen molar-refractivity contribution < 1.29 is 23.8 Å². The molecule has 2 aliphatic rings. The SMILES string of the molecule is COCCCn1cc(C)c2ccc(C(C)N(C(=O)[C@H]3CN(C(=O)OC(C)(C)C)CCO3)C3CC3)cc21. The van der Waals surface area contributed by atoms with Crippen LogP contribution in [0.1, 0.15) is 64.1 Å². The Bertz CT molecular complexity index is 1080. The summed E-state index contributed by atoms with van der Waals surface area (Å²) < 4.78 is 18.9. The number of aromatic nitrogens is 1. The summed E-state index contributed by atoms with van der Waals surface area (Å²) in [7, 11) is 1.73. The van der Waals surface area contributed by atoms with Crippen molar-refractivity contribution in [1.29, 1.82) is 0 Å². The maximum atomic E-state index is 13.8. The zero-order valence-electron chi connectivity index (χ0n) is 22.6. The fourth-order valence-electron chi connectivity index (χ4n) is 4.97. The molecule has 2 heterocycles. The van der Waals surface area contributed by atoms with Crippen LogP contribution in [-0.4, -0.2) is 77.5 Å². The number of nitrogens with zero attached hydrogens (tertiary/aromatic N) is 3. The van der Waals surface area contributed by atoms with Crippen LogP contribution in [0.3, 0.4) is 0 Å². The predicted molar refractivity (Wildman–Crippen MR) is 139 cm³/mol. The van der Waals surface area contributed by atoms with E-state index in [-0.39, 0.29) is 24.5 Å². The number of morpholine rings is 1. The van der Waals surface area contributed by atoms with Crippen LogP contribution in [0.2, 0.25) is 0 Å². The molecule has 0 bridgehead atoms. The summed E-state index contributed by atoms with van der Waals surface area (Å²) in [6.45, 7) is 12.3. The Kier molecular flexibility index (Phi) is 7.95. The van der Waals surface area contributed by atoms with Crippen molar-refractivity contribution in [2.24, 2.45) is 0 Å². The number of hydrogen-bond donors (Lipinski definition) is 0. The van der Waals surface area contributed by atoms with Crippen LogP contribution in [-0.2, 0) is 25.5 Å². The van der Waals surface area contributed by atoms with E-state index in [1.165, 1.54) is 16.5 Å². The highest BCUT2D eigenvalue weighted by molar-refractivity contribution is 5.86. The number of fused-ring (bicyclic) bond motifs is 1. The zero-order chi connectivity index (χ0) is 26.0. The van der Waals surface area contributed by atoms with Crippen LogP contribution in [0.25, 0.3) is 10.9 Å². The minimum atomic E-state index is -0.682. The summed E-state index contributed by atoms with van der Waals surface area (Å²) in [6.07, 6.45) is 4.04. The van der Waals surface area contributed by atoms with E-state index in [2.05, 4.69) is 42.8 Å². The summed E-state index contributed by atoms with van der Waals surface area (Å²) in [6, 6.07) is 6.63. The van der Waals surface area contributed by atoms with Gasteiger partial charge in [0.05, 0.1) is 19.2 Å². The summed E-state index contributed by atoms with van der Waals surface area (Å²) >= 11 is 0. The van der Waals surface area contributed by atoms with Gasteiger partial charge in [0.2, 0.25) is 0 Å². The number of carbonyl (C=O) groups excluding carboxylic acids is 2.